The van der Waals surface area contributed by atoms with Crippen molar-refractivity contribution >= 4 is 5.78 Å². The molecule has 1 N–H and O–H groups in total. The highest BCUT2D eigenvalue weighted by atomic mass is 16.3. The number of rotatable bonds is 3. The summed E-state index contributed by atoms with van der Waals surface area (Å²) in [4.78, 5) is 12.1. The summed E-state index contributed by atoms with van der Waals surface area (Å²) in [5.41, 5.74) is 2.49. The molecule has 0 spiro atoms. The molecule has 3 heteroatoms. The number of carbonyl (C=O) groups is 1. The van der Waals surface area contributed by atoms with Gasteiger partial charge in [-0.25, -0.2) is 0 Å². The van der Waals surface area contributed by atoms with E-state index in [0.29, 0.717) is 12.3 Å². The average Bonchev–Trinajstić information content (AvgIpc) is 2.81. The van der Waals surface area contributed by atoms with Gasteiger partial charge in [-0.1, -0.05) is 13.0 Å². The molecule has 1 aromatic heterocycles. The Morgan fingerprint density at radius 2 is 2.27 bits per heavy atom. The molecule has 2 aliphatic rings. The van der Waals surface area contributed by atoms with E-state index in [1.165, 1.54) is 11.1 Å². The van der Waals surface area contributed by atoms with Crippen LogP contribution in [0, 0.1) is 24.2 Å². The third-order valence-corrected chi connectivity index (χ3v) is 6.01. The van der Waals surface area contributed by atoms with Crippen molar-refractivity contribution in [3.63, 3.8) is 0 Å². The van der Waals surface area contributed by atoms with Crippen molar-refractivity contribution in [3.05, 3.63) is 35.3 Å². The van der Waals surface area contributed by atoms with E-state index in [1.807, 2.05) is 13.2 Å². The van der Waals surface area contributed by atoms with Gasteiger partial charge in [0.05, 0.1) is 12.4 Å². The quantitative estimate of drug-likeness (QED) is 0.868. The summed E-state index contributed by atoms with van der Waals surface area (Å²) >= 11 is 0. The van der Waals surface area contributed by atoms with Gasteiger partial charge in [-0.2, -0.15) is 0 Å². The van der Waals surface area contributed by atoms with Crippen molar-refractivity contribution in [1.29, 1.82) is 0 Å². The number of hydrogen-bond donors (Lipinski definition) is 1. The Labute approximate surface area is 132 Å². The summed E-state index contributed by atoms with van der Waals surface area (Å²) in [6.07, 6.45) is 9.03. The zero-order valence-electron chi connectivity index (χ0n) is 13.8. The van der Waals surface area contributed by atoms with Crippen LogP contribution in [0.2, 0.25) is 0 Å². The number of ketones is 1. The first-order valence-electron chi connectivity index (χ1n) is 8.35. The van der Waals surface area contributed by atoms with Gasteiger partial charge in [-0.05, 0) is 67.6 Å². The molecule has 22 heavy (non-hydrogen) atoms. The van der Waals surface area contributed by atoms with Crippen molar-refractivity contribution < 1.29 is 14.3 Å². The number of allylic oxidation sites excluding steroid dienone is 2. The molecule has 120 valence electrons. The molecule has 1 aromatic rings. The number of furan rings is 1. The largest absolute Gasteiger partial charge is 0.469 e. The second-order valence-electron chi connectivity index (χ2n) is 7.33. The molecule has 0 saturated heterocycles. The van der Waals surface area contributed by atoms with Crippen LogP contribution < -0.4 is 0 Å². The van der Waals surface area contributed by atoms with Crippen LogP contribution in [0.1, 0.15) is 50.0 Å². The van der Waals surface area contributed by atoms with Crippen LogP contribution in [-0.2, 0) is 17.6 Å². The average molecular weight is 302 g/mol. The molecule has 0 unspecified atom stereocenters. The summed E-state index contributed by atoms with van der Waals surface area (Å²) in [5, 5.41) is 10.6. The molecule has 0 amide bonds. The molecule has 1 heterocycles. The number of aryl methyl sites for hydroxylation is 1. The number of aliphatic hydroxyl groups excluding tert-OH is 1. The number of carbonyl (C=O) groups excluding carboxylic acids is 1. The van der Waals surface area contributed by atoms with Crippen molar-refractivity contribution in [2.45, 2.75) is 59.0 Å². The SMILES string of the molecule is CC=CC(=O)C[C@H]1[C@H](O)CC[C@@H]2Cc3occ(C)c3C[C@@]21C. The summed E-state index contributed by atoms with van der Waals surface area (Å²) < 4.78 is 5.72. The first-order chi connectivity index (χ1) is 10.5. The lowest BCUT2D eigenvalue weighted by Gasteiger charge is -2.52. The lowest BCUT2D eigenvalue weighted by molar-refractivity contribution is -0.122. The lowest BCUT2D eigenvalue weighted by Crippen LogP contribution is -2.50. The fourth-order valence-electron chi connectivity index (χ4n) is 4.63. The van der Waals surface area contributed by atoms with Crippen LogP contribution in [0.4, 0.5) is 0 Å². The minimum atomic E-state index is -0.371. The highest BCUT2D eigenvalue weighted by molar-refractivity contribution is 5.89. The number of aliphatic hydroxyl groups is 1. The second kappa shape index (κ2) is 5.69. The Kier molecular flexibility index (Phi) is 4.02. The normalized spacial score (nSPS) is 34.5. The zero-order valence-corrected chi connectivity index (χ0v) is 13.8. The standard InChI is InChI=1S/C19H26O3/c1-4-5-14(20)9-16-17(21)7-6-13-8-18-15(10-19(13,16)3)12(2)11-22-18/h4-5,11,13,16-17,21H,6-10H2,1-3H3/t13-,16+,17-,19+/m1/s1. The molecule has 0 aliphatic heterocycles. The lowest BCUT2D eigenvalue weighted by atomic mass is 9.53. The van der Waals surface area contributed by atoms with E-state index in [9.17, 15) is 9.90 Å². The van der Waals surface area contributed by atoms with Crippen LogP contribution >= 0.6 is 0 Å². The highest BCUT2D eigenvalue weighted by Crippen LogP contribution is 2.53. The Balaban J connectivity index is 1.92. The van der Waals surface area contributed by atoms with Gasteiger partial charge in [0.25, 0.3) is 0 Å². The first kappa shape index (κ1) is 15.5. The van der Waals surface area contributed by atoms with Crippen LogP contribution in [-0.4, -0.2) is 17.0 Å². The zero-order chi connectivity index (χ0) is 15.9. The van der Waals surface area contributed by atoms with Crippen molar-refractivity contribution in [3.8, 4) is 0 Å². The van der Waals surface area contributed by atoms with Gasteiger partial charge in [0.1, 0.15) is 5.76 Å². The third kappa shape index (κ3) is 2.45. The topological polar surface area (TPSA) is 50.4 Å². The second-order valence-corrected chi connectivity index (χ2v) is 7.33. The summed E-state index contributed by atoms with van der Waals surface area (Å²) in [7, 11) is 0. The monoisotopic (exact) mass is 302 g/mol. The summed E-state index contributed by atoms with van der Waals surface area (Å²) in [5.74, 6) is 1.78. The molecule has 4 atom stereocenters. The molecule has 0 radical (unpaired) electrons. The molecular formula is C19H26O3. The first-order valence-corrected chi connectivity index (χ1v) is 8.35. The summed E-state index contributed by atoms with van der Waals surface area (Å²) in [6, 6.07) is 0. The predicted molar refractivity (Wildman–Crippen MR) is 85.6 cm³/mol. The van der Waals surface area contributed by atoms with Crippen molar-refractivity contribution in [1.82, 2.24) is 0 Å². The van der Waals surface area contributed by atoms with Gasteiger partial charge in [-0.15, -0.1) is 0 Å². The Hall–Kier alpha value is -1.35. The van der Waals surface area contributed by atoms with E-state index in [-0.39, 0.29) is 23.2 Å². The molecule has 3 nitrogen and oxygen atoms in total. The molecule has 1 saturated carbocycles. The molecule has 1 fully saturated rings. The van der Waals surface area contributed by atoms with Gasteiger partial charge in [0.2, 0.25) is 0 Å². The van der Waals surface area contributed by atoms with E-state index in [0.717, 1.165) is 31.4 Å². The molecule has 3 rings (SSSR count). The van der Waals surface area contributed by atoms with Crippen LogP contribution in [0.25, 0.3) is 0 Å². The van der Waals surface area contributed by atoms with E-state index in [2.05, 4.69) is 13.8 Å². The molecule has 0 bridgehead atoms. The van der Waals surface area contributed by atoms with Crippen LogP contribution in [0.15, 0.2) is 22.8 Å². The van der Waals surface area contributed by atoms with Crippen LogP contribution in [0.3, 0.4) is 0 Å². The number of fused-ring (bicyclic) bond motifs is 2. The maximum Gasteiger partial charge on any atom is 0.155 e. The van der Waals surface area contributed by atoms with Gasteiger partial charge in [-0.3, -0.25) is 4.79 Å². The van der Waals surface area contributed by atoms with Gasteiger partial charge in [0, 0.05) is 12.8 Å². The Bertz CT molecular complexity index is 598. The maximum absolute atomic E-state index is 12.1. The van der Waals surface area contributed by atoms with Gasteiger partial charge in [0.15, 0.2) is 5.78 Å². The Morgan fingerprint density at radius 1 is 1.50 bits per heavy atom. The smallest absolute Gasteiger partial charge is 0.155 e. The summed E-state index contributed by atoms with van der Waals surface area (Å²) in [6.45, 7) is 6.22. The van der Waals surface area contributed by atoms with Crippen molar-refractivity contribution in [2.75, 3.05) is 0 Å². The van der Waals surface area contributed by atoms with E-state index < -0.39 is 0 Å². The van der Waals surface area contributed by atoms with E-state index in [4.69, 9.17) is 4.42 Å². The third-order valence-electron chi connectivity index (χ3n) is 6.01. The minimum absolute atomic E-state index is 0.0173. The molecular weight excluding hydrogens is 276 g/mol. The fourth-order valence-corrected chi connectivity index (χ4v) is 4.63. The number of hydrogen-bond acceptors (Lipinski definition) is 3. The van der Waals surface area contributed by atoms with Gasteiger partial charge >= 0.3 is 0 Å². The van der Waals surface area contributed by atoms with E-state index in [1.54, 1.807) is 12.2 Å². The predicted octanol–water partition coefficient (Wildman–Crippen LogP) is 3.62. The maximum atomic E-state index is 12.1. The molecule has 2 aliphatic carbocycles. The van der Waals surface area contributed by atoms with Gasteiger partial charge < -0.3 is 9.52 Å². The minimum Gasteiger partial charge on any atom is -0.469 e. The fraction of sp³-hybridized carbons (Fsp3) is 0.632. The highest BCUT2D eigenvalue weighted by Gasteiger charge is 2.51. The van der Waals surface area contributed by atoms with E-state index >= 15 is 0 Å². The Morgan fingerprint density at radius 3 is 3.00 bits per heavy atom. The van der Waals surface area contributed by atoms with Crippen LogP contribution in [0.5, 0.6) is 0 Å². The molecule has 0 aromatic carbocycles. The van der Waals surface area contributed by atoms with Crippen molar-refractivity contribution in [2.24, 2.45) is 17.3 Å².